The zero-order chi connectivity index (χ0) is 28.1. The molecule has 0 spiro atoms. The van der Waals surface area contributed by atoms with Gasteiger partial charge in [-0.3, -0.25) is 9.59 Å². The highest BCUT2D eigenvalue weighted by Crippen LogP contribution is 2.75. The number of nitrogens with zero attached hydrogens (tertiary/aromatic N) is 1. The maximum atomic E-state index is 14.4. The third kappa shape index (κ3) is 3.51. The second kappa shape index (κ2) is 8.29. The number of carbonyl (C=O) groups excluding carboxylic acids is 1. The van der Waals surface area contributed by atoms with Gasteiger partial charge in [-0.25, -0.2) is 0 Å². The van der Waals surface area contributed by atoms with Crippen LogP contribution in [0.5, 0.6) is 0 Å². The second-order valence-corrected chi connectivity index (χ2v) is 15.7. The van der Waals surface area contributed by atoms with Crippen molar-refractivity contribution in [1.29, 1.82) is 5.26 Å². The van der Waals surface area contributed by atoms with Crippen LogP contribution < -0.4 is 0 Å². The van der Waals surface area contributed by atoms with Crippen molar-refractivity contribution in [3.8, 4) is 6.07 Å². The smallest absolute Gasteiger partial charge is 0.303 e. The molecule has 0 aliphatic heterocycles. The van der Waals surface area contributed by atoms with Crippen molar-refractivity contribution in [1.82, 2.24) is 0 Å². The Morgan fingerprint density at radius 3 is 2.34 bits per heavy atom. The molecule has 8 atom stereocenters. The van der Waals surface area contributed by atoms with E-state index in [0.29, 0.717) is 12.0 Å². The number of carboxylic acids is 1. The minimum atomic E-state index is -0.799. The molecule has 3 saturated carbocycles. The van der Waals surface area contributed by atoms with Crippen molar-refractivity contribution in [2.45, 2.75) is 112 Å². The lowest BCUT2D eigenvalue weighted by atomic mass is 9.34. The monoisotopic (exact) mass is 521 g/mol. The molecule has 0 aromatic carbocycles. The number of nitriles is 1. The van der Waals surface area contributed by atoms with Crippen LogP contribution in [-0.2, 0) is 9.59 Å². The molecule has 5 nitrogen and oxygen atoms in total. The summed E-state index contributed by atoms with van der Waals surface area (Å²) in [5.74, 6) is -0.318. The average Bonchev–Trinajstić information content (AvgIpc) is 2.82. The summed E-state index contributed by atoms with van der Waals surface area (Å²) in [4.78, 5) is 26.1. The van der Waals surface area contributed by atoms with E-state index in [2.05, 4.69) is 54.5 Å². The first-order chi connectivity index (χ1) is 17.5. The van der Waals surface area contributed by atoms with Gasteiger partial charge in [-0.15, -0.1) is 0 Å². The van der Waals surface area contributed by atoms with Crippen molar-refractivity contribution in [3.05, 3.63) is 23.3 Å². The van der Waals surface area contributed by atoms with E-state index in [1.54, 1.807) is 0 Å². The van der Waals surface area contributed by atoms with Crippen LogP contribution in [0.2, 0.25) is 0 Å². The lowest BCUT2D eigenvalue weighted by Gasteiger charge is -2.69. The van der Waals surface area contributed by atoms with E-state index in [-0.39, 0.29) is 51.6 Å². The number of hydrogen-bond donors (Lipinski definition) is 2. The Hall–Kier alpha value is -1.93. The lowest BCUT2D eigenvalue weighted by Crippen LogP contribution is -2.65. The van der Waals surface area contributed by atoms with Gasteiger partial charge in [0.25, 0.3) is 0 Å². The minimum Gasteiger partial charge on any atom is -0.481 e. The summed E-state index contributed by atoms with van der Waals surface area (Å²) < 4.78 is 0. The Labute approximate surface area is 228 Å². The molecule has 0 aromatic rings. The predicted molar refractivity (Wildman–Crippen MR) is 147 cm³/mol. The van der Waals surface area contributed by atoms with Gasteiger partial charge < -0.3 is 10.2 Å². The summed E-state index contributed by atoms with van der Waals surface area (Å²) in [6.45, 7) is 15.7. The fourth-order valence-corrected chi connectivity index (χ4v) is 10.7. The van der Waals surface area contributed by atoms with Crippen LogP contribution in [0.15, 0.2) is 23.3 Å². The first-order valence-corrected chi connectivity index (χ1v) is 14.8. The van der Waals surface area contributed by atoms with Gasteiger partial charge >= 0.3 is 5.97 Å². The minimum absolute atomic E-state index is 0.0820. The lowest BCUT2D eigenvalue weighted by molar-refractivity contribution is -0.174. The molecule has 5 aliphatic rings. The molecule has 5 heteroatoms. The number of aliphatic hydroxyl groups excluding tert-OH is 1. The van der Waals surface area contributed by atoms with Crippen LogP contribution in [0.3, 0.4) is 0 Å². The third-order valence-corrected chi connectivity index (χ3v) is 13.1. The number of carbonyl (C=O) groups is 2. The molecule has 0 amide bonds. The van der Waals surface area contributed by atoms with E-state index in [9.17, 15) is 25.1 Å². The van der Waals surface area contributed by atoms with Crippen LogP contribution in [-0.4, -0.2) is 28.1 Å². The van der Waals surface area contributed by atoms with E-state index >= 15 is 0 Å². The van der Waals surface area contributed by atoms with Gasteiger partial charge in [0, 0.05) is 17.8 Å². The number of aliphatic hydroxyl groups is 1. The Morgan fingerprint density at radius 1 is 1.05 bits per heavy atom. The Balaban J connectivity index is 1.66. The molecular weight excluding hydrogens is 474 g/mol. The van der Waals surface area contributed by atoms with E-state index in [1.165, 1.54) is 0 Å². The van der Waals surface area contributed by atoms with Crippen LogP contribution in [0.1, 0.15) is 106 Å². The number of fused-ring (bicyclic) bond motifs is 7. The first-order valence-electron chi connectivity index (χ1n) is 14.8. The molecule has 38 heavy (non-hydrogen) atoms. The van der Waals surface area contributed by atoms with Gasteiger partial charge in [-0.1, -0.05) is 60.1 Å². The standard InChI is InChI=1S/C33H47NO4/c1-28(2)12-14-33(11-9-25(36)37)15-13-32(7)26(21(33)18-28)22(35)16-24-30(5)17-20(19-34)27(38)29(3,4)23(30)8-10-31(24,32)6/h16-17,21,23,26-27,38H,8-15,18H2,1-7H3,(H,36,37)/t21?,23-,26?,27?,30-,31+,32+,33+/m0/s1. The fourth-order valence-electron chi connectivity index (χ4n) is 10.7. The quantitative estimate of drug-likeness (QED) is 0.423. The molecule has 0 saturated heterocycles. The molecule has 3 unspecified atom stereocenters. The highest BCUT2D eigenvalue weighted by atomic mass is 16.4. The van der Waals surface area contributed by atoms with E-state index < -0.39 is 22.9 Å². The number of carboxylic acid groups (broad SMARTS) is 1. The van der Waals surface area contributed by atoms with Crippen LogP contribution in [0, 0.1) is 61.6 Å². The number of ketones is 1. The maximum absolute atomic E-state index is 14.4. The summed E-state index contributed by atoms with van der Waals surface area (Å²) in [5.41, 5.74) is 0.271. The molecule has 208 valence electrons. The number of rotatable bonds is 3. The van der Waals surface area contributed by atoms with Gasteiger partial charge in [0.1, 0.15) is 0 Å². The van der Waals surface area contributed by atoms with Gasteiger partial charge in [-0.2, -0.15) is 5.26 Å². The summed E-state index contributed by atoms with van der Waals surface area (Å²) in [5, 5.41) is 30.6. The zero-order valence-corrected chi connectivity index (χ0v) is 24.5. The number of allylic oxidation sites excluding steroid dienone is 3. The Kier molecular flexibility index (Phi) is 6.03. The predicted octanol–water partition coefficient (Wildman–Crippen LogP) is 6.86. The van der Waals surface area contributed by atoms with Crippen molar-refractivity contribution >= 4 is 11.8 Å². The van der Waals surface area contributed by atoms with Gasteiger partial charge in [0.15, 0.2) is 5.78 Å². The SMILES string of the molecule is CC1(C)CC[C@]2(CCC(=O)O)CC[C@]3(C)C(C(=O)C=C4[C@@]5(C)C=C(C#N)C(O)C(C)(C)[C@@H]5CC[C@]43C)C2C1. The molecule has 0 radical (unpaired) electrons. The van der Waals surface area contributed by atoms with Crippen LogP contribution in [0.4, 0.5) is 0 Å². The Bertz CT molecular complexity index is 1170. The molecule has 5 aliphatic carbocycles. The molecular formula is C33H47NO4. The van der Waals surface area contributed by atoms with E-state index in [1.807, 2.05) is 12.2 Å². The van der Waals surface area contributed by atoms with Gasteiger partial charge in [0.05, 0.1) is 17.7 Å². The fraction of sp³-hybridized carbons (Fsp3) is 0.788. The van der Waals surface area contributed by atoms with Crippen molar-refractivity contribution in [3.63, 3.8) is 0 Å². The first kappa shape index (κ1) is 27.6. The summed E-state index contributed by atoms with van der Waals surface area (Å²) in [7, 11) is 0. The second-order valence-electron chi connectivity index (χ2n) is 15.7. The summed E-state index contributed by atoms with van der Waals surface area (Å²) in [6.07, 6.45) is 10.9. The molecule has 0 aromatic heterocycles. The van der Waals surface area contributed by atoms with Crippen molar-refractivity contribution in [2.24, 2.45) is 50.2 Å². The van der Waals surface area contributed by atoms with Crippen molar-refractivity contribution in [2.75, 3.05) is 0 Å². The van der Waals surface area contributed by atoms with E-state index in [0.717, 1.165) is 50.5 Å². The highest BCUT2D eigenvalue weighted by Gasteiger charge is 2.69. The summed E-state index contributed by atoms with van der Waals surface area (Å²) in [6, 6.07) is 2.28. The number of aliphatic carboxylic acids is 1. The molecule has 3 fully saturated rings. The largest absolute Gasteiger partial charge is 0.481 e. The summed E-state index contributed by atoms with van der Waals surface area (Å²) >= 11 is 0. The topological polar surface area (TPSA) is 98.4 Å². The zero-order valence-electron chi connectivity index (χ0n) is 24.5. The maximum Gasteiger partial charge on any atom is 0.303 e. The van der Waals surface area contributed by atoms with Crippen LogP contribution >= 0.6 is 0 Å². The van der Waals surface area contributed by atoms with Gasteiger partial charge in [-0.05, 0) is 96.4 Å². The highest BCUT2D eigenvalue weighted by molar-refractivity contribution is 5.95. The number of hydrogen-bond acceptors (Lipinski definition) is 4. The molecule has 2 N–H and O–H groups in total. The molecule has 0 heterocycles. The Morgan fingerprint density at radius 2 is 1.71 bits per heavy atom. The molecule has 0 bridgehead atoms. The normalized spacial score (nSPS) is 46.8. The third-order valence-electron chi connectivity index (χ3n) is 13.1. The molecule has 5 rings (SSSR count). The van der Waals surface area contributed by atoms with Crippen LogP contribution in [0.25, 0.3) is 0 Å². The average molecular weight is 522 g/mol. The van der Waals surface area contributed by atoms with Crippen molar-refractivity contribution < 1.29 is 19.8 Å². The van der Waals surface area contributed by atoms with Gasteiger partial charge in [0.2, 0.25) is 0 Å². The van der Waals surface area contributed by atoms with E-state index in [4.69, 9.17) is 0 Å².